The molecule has 2 N–H and O–H groups in total. The minimum atomic E-state index is -0.649. The number of nitrogens with zero attached hydrogens (tertiary/aromatic N) is 1. The van der Waals surface area contributed by atoms with Crippen molar-refractivity contribution in [3.05, 3.63) is 78.4 Å². The molecule has 3 heteroatoms. The summed E-state index contributed by atoms with van der Waals surface area (Å²) in [6.07, 6.45) is 3.67. The Balaban J connectivity index is 1.79. The molecule has 2 aromatic rings. The molecule has 0 saturated carbocycles. The number of fused-ring (bicyclic) bond motifs is 1. The summed E-state index contributed by atoms with van der Waals surface area (Å²) in [5.41, 5.74) is 3.36. The molecule has 1 heterocycles. The van der Waals surface area contributed by atoms with Gasteiger partial charge in [-0.15, -0.1) is 0 Å². The molecular weight excluding hydrogens is 246 g/mol. The van der Waals surface area contributed by atoms with Gasteiger partial charge in [0.15, 0.2) is 0 Å². The Morgan fingerprint density at radius 1 is 1.10 bits per heavy atom. The van der Waals surface area contributed by atoms with Crippen molar-refractivity contribution in [1.82, 2.24) is 5.32 Å². The maximum Gasteiger partial charge on any atom is 0.204 e. The van der Waals surface area contributed by atoms with Gasteiger partial charge in [0.2, 0.25) is 5.79 Å². The van der Waals surface area contributed by atoms with Crippen LogP contribution in [0.5, 0.6) is 0 Å². The third kappa shape index (κ3) is 2.49. The lowest BCUT2D eigenvalue weighted by atomic mass is 10.1. The Morgan fingerprint density at radius 2 is 1.85 bits per heavy atom. The van der Waals surface area contributed by atoms with E-state index in [4.69, 9.17) is 0 Å². The first-order valence-electron chi connectivity index (χ1n) is 6.66. The minimum absolute atomic E-state index is 0.649. The van der Waals surface area contributed by atoms with Gasteiger partial charge in [0.05, 0.1) is 0 Å². The summed E-state index contributed by atoms with van der Waals surface area (Å²) in [6, 6.07) is 18.4. The second-order valence-electron chi connectivity index (χ2n) is 4.78. The van der Waals surface area contributed by atoms with E-state index in [2.05, 4.69) is 34.3 Å². The van der Waals surface area contributed by atoms with E-state index >= 15 is 0 Å². The summed E-state index contributed by atoms with van der Waals surface area (Å²) in [5.74, 6) is -0.649. The molecule has 0 bridgehead atoms. The third-order valence-corrected chi connectivity index (χ3v) is 3.39. The summed E-state index contributed by atoms with van der Waals surface area (Å²) in [7, 11) is 0. The second kappa shape index (κ2) is 5.31. The Bertz CT molecular complexity index is 634. The molecule has 0 amide bonds. The predicted octanol–water partition coefficient (Wildman–Crippen LogP) is 3.16. The molecule has 1 unspecified atom stereocenters. The van der Waals surface area contributed by atoms with Gasteiger partial charge in [0.25, 0.3) is 0 Å². The zero-order valence-corrected chi connectivity index (χ0v) is 11.2. The van der Waals surface area contributed by atoms with E-state index in [-0.39, 0.29) is 0 Å². The quantitative estimate of drug-likeness (QED) is 0.831. The molecule has 0 aliphatic carbocycles. The first-order chi connectivity index (χ1) is 9.81. The van der Waals surface area contributed by atoms with E-state index < -0.39 is 5.79 Å². The maximum absolute atomic E-state index is 4.57. The van der Waals surface area contributed by atoms with E-state index in [0.717, 1.165) is 17.8 Å². The lowest BCUT2D eigenvalue weighted by molar-refractivity contribution is 0.467. The Kier molecular flexibility index (Phi) is 3.35. The van der Waals surface area contributed by atoms with Crippen molar-refractivity contribution in [2.24, 2.45) is 4.99 Å². The number of benzene rings is 2. The molecule has 0 aromatic heterocycles. The molecule has 1 aliphatic rings. The number of aliphatic imine (C=N–C) groups is 1. The maximum atomic E-state index is 4.57. The highest BCUT2D eigenvalue weighted by molar-refractivity contribution is 5.90. The van der Waals surface area contributed by atoms with E-state index in [1.165, 1.54) is 5.56 Å². The number of nitrogens with one attached hydrogen (secondary N) is 2. The lowest BCUT2D eigenvalue weighted by Gasteiger charge is -2.33. The molecule has 3 nitrogen and oxygen atoms in total. The van der Waals surface area contributed by atoms with Crippen LogP contribution in [0.3, 0.4) is 0 Å². The molecule has 0 radical (unpaired) electrons. The van der Waals surface area contributed by atoms with Gasteiger partial charge in [-0.05, 0) is 17.7 Å². The Labute approximate surface area is 119 Å². The van der Waals surface area contributed by atoms with E-state index in [1.807, 2.05) is 48.7 Å². The first-order valence-corrected chi connectivity index (χ1v) is 6.66. The number of rotatable bonds is 4. The van der Waals surface area contributed by atoms with Gasteiger partial charge in [-0.1, -0.05) is 55.1 Å². The number of para-hydroxylation sites is 1. The highest BCUT2D eigenvalue weighted by atomic mass is 15.3. The molecule has 2 aromatic carbocycles. The van der Waals surface area contributed by atoms with Gasteiger partial charge in [0.1, 0.15) is 0 Å². The van der Waals surface area contributed by atoms with Gasteiger partial charge in [-0.3, -0.25) is 5.32 Å². The third-order valence-electron chi connectivity index (χ3n) is 3.39. The van der Waals surface area contributed by atoms with Gasteiger partial charge in [-0.2, -0.15) is 0 Å². The molecule has 100 valence electrons. The standard InChI is InChI=1S/C17H17N3/c1-2-17(18-12-14-8-4-3-5-9-14)19-13-15-10-6-7-11-16(15)20-17/h2-11,13,18,20H,1,12H2. The zero-order valence-electron chi connectivity index (χ0n) is 11.2. The van der Waals surface area contributed by atoms with Crippen molar-refractivity contribution >= 4 is 11.9 Å². The van der Waals surface area contributed by atoms with Crippen molar-refractivity contribution < 1.29 is 0 Å². The second-order valence-corrected chi connectivity index (χ2v) is 4.78. The van der Waals surface area contributed by atoms with Crippen molar-refractivity contribution in [1.29, 1.82) is 0 Å². The van der Waals surface area contributed by atoms with Crippen LogP contribution in [0, 0.1) is 0 Å². The number of anilines is 1. The van der Waals surface area contributed by atoms with Crippen LogP contribution >= 0.6 is 0 Å². The van der Waals surface area contributed by atoms with Crippen LogP contribution in [-0.2, 0) is 6.54 Å². The Hall–Kier alpha value is -2.39. The average Bonchev–Trinajstić information content (AvgIpc) is 2.54. The SMILES string of the molecule is C=CC1(NCc2ccccc2)N=Cc2ccccc2N1. The molecule has 20 heavy (non-hydrogen) atoms. The van der Waals surface area contributed by atoms with Gasteiger partial charge in [0, 0.05) is 24.0 Å². The highest BCUT2D eigenvalue weighted by Gasteiger charge is 2.27. The topological polar surface area (TPSA) is 36.4 Å². The first kappa shape index (κ1) is 12.6. The van der Waals surface area contributed by atoms with Crippen LogP contribution in [0.25, 0.3) is 0 Å². The molecule has 1 aliphatic heterocycles. The summed E-state index contributed by atoms with van der Waals surface area (Å²) >= 11 is 0. The van der Waals surface area contributed by atoms with Crippen molar-refractivity contribution in [3.8, 4) is 0 Å². The van der Waals surface area contributed by atoms with Crippen molar-refractivity contribution in [2.75, 3.05) is 5.32 Å². The van der Waals surface area contributed by atoms with Crippen LogP contribution in [0.4, 0.5) is 5.69 Å². The van der Waals surface area contributed by atoms with Crippen LogP contribution < -0.4 is 10.6 Å². The molecule has 3 rings (SSSR count). The molecule has 0 fully saturated rings. The Morgan fingerprint density at radius 3 is 2.65 bits per heavy atom. The fraction of sp³-hybridized carbons (Fsp3) is 0.118. The van der Waals surface area contributed by atoms with E-state index in [9.17, 15) is 0 Å². The molecule has 0 spiro atoms. The zero-order chi connectivity index (χ0) is 13.8. The van der Waals surface area contributed by atoms with Gasteiger partial charge < -0.3 is 5.32 Å². The van der Waals surface area contributed by atoms with Crippen molar-refractivity contribution in [3.63, 3.8) is 0 Å². The van der Waals surface area contributed by atoms with Crippen LogP contribution in [-0.4, -0.2) is 12.0 Å². The fourth-order valence-corrected chi connectivity index (χ4v) is 2.23. The smallest absolute Gasteiger partial charge is 0.204 e. The fourth-order valence-electron chi connectivity index (χ4n) is 2.23. The molecular formula is C17H17N3. The largest absolute Gasteiger partial charge is 0.345 e. The number of hydrogen-bond donors (Lipinski definition) is 2. The lowest BCUT2D eigenvalue weighted by Crippen LogP contribution is -2.49. The minimum Gasteiger partial charge on any atom is -0.345 e. The average molecular weight is 263 g/mol. The van der Waals surface area contributed by atoms with Crippen LogP contribution in [0.1, 0.15) is 11.1 Å². The predicted molar refractivity (Wildman–Crippen MR) is 83.9 cm³/mol. The normalized spacial score (nSPS) is 20.0. The summed E-state index contributed by atoms with van der Waals surface area (Å²) < 4.78 is 0. The van der Waals surface area contributed by atoms with E-state index in [1.54, 1.807) is 6.08 Å². The van der Waals surface area contributed by atoms with Gasteiger partial charge >= 0.3 is 0 Å². The number of hydrogen-bond acceptors (Lipinski definition) is 3. The van der Waals surface area contributed by atoms with Crippen LogP contribution in [0.15, 0.2) is 72.2 Å². The van der Waals surface area contributed by atoms with E-state index in [0.29, 0.717) is 0 Å². The molecule has 1 atom stereocenters. The monoisotopic (exact) mass is 263 g/mol. The summed E-state index contributed by atoms with van der Waals surface area (Å²) in [6.45, 7) is 4.62. The summed E-state index contributed by atoms with van der Waals surface area (Å²) in [5, 5.41) is 6.82. The van der Waals surface area contributed by atoms with Gasteiger partial charge in [-0.25, -0.2) is 4.99 Å². The van der Waals surface area contributed by atoms with Crippen LogP contribution in [0.2, 0.25) is 0 Å². The highest BCUT2D eigenvalue weighted by Crippen LogP contribution is 2.24. The van der Waals surface area contributed by atoms with Crippen molar-refractivity contribution in [2.45, 2.75) is 12.3 Å². The summed E-state index contributed by atoms with van der Waals surface area (Å²) in [4.78, 5) is 4.57. The molecule has 0 saturated heterocycles.